The second-order valence-electron chi connectivity index (χ2n) is 7.33. The molecule has 0 amide bonds. The molecule has 0 atom stereocenters. The molecule has 0 bridgehead atoms. The topological polar surface area (TPSA) is 6.48 Å². The van der Waals surface area contributed by atoms with E-state index in [0.29, 0.717) is 5.41 Å². The molecule has 2 aliphatic rings. The summed E-state index contributed by atoms with van der Waals surface area (Å²) in [5.74, 6) is 0. The zero-order valence-corrected chi connectivity index (χ0v) is 12.9. The normalized spacial score (nSPS) is 25.7. The van der Waals surface area contributed by atoms with Gasteiger partial charge >= 0.3 is 0 Å². The van der Waals surface area contributed by atoms with Gasteiger partial charge in [0.2, 0.25) is 0 Å². The fourth-order valence-electron chi connectivity index (χ4n) is 3.61. The second kappa shape index (κ2) is 5.92. The van der Waals surface area contributed by atoms with Crippen LogP contribution in [0, 0.1) is 5.41 Å². The van der Waals surface area contributed by atoms with E-state index in [9.17, 15) is 0 Å². The van der Waals surface area contributed by atoms with Crippen LogP contribution in [0.15, 0.2) is 0 Å². The zero-order chi connectivity index (χ0) is 13.2. The number of hydrogen-bond acceptors (Lipinski definition) is 2. The molecular formula is C16H32N2. The Morgan fingerprint density at radius 3 is 2.33 bits per heavy atom. The summed E-state index contributed by atoms with van der Waals surface area (Å²) in [4.78, 5) is 5.24. The molecule has 1 aliphatic carbocycles. The molecule has 0 aromatic rings. The first kappa shape index (κ1) is 14.3. The van der Waals surface area contributed by atoms with Crippen LogP contribution in [0.25, 0.3) is 0 Å². The van der Waals surface area contributed by atoms with Crippen LogP contribution in [-0.4, -0.2) is 48.6 Å². The first-order valence-corrected chi connectivity index (χ1v) is 7.94. The molecule has 0 N–H and O–H groups in total. The quantitative estimate of drug-likeness (QED) is 0.740. The molecule has 0 radical (unpaired) electrons. The third-order valence-electron chi connectivity index (χ3n) is 5.17. The number of rotatable bonds is 5. The molecule has 0 unspecified atom stereocenters. The molecule has 0 aromatic carbocycles. The zero-order valence-electron chi connectivity index (χ0n) is 12.9. The Balaban J connectivity index is 1.68. The van der Waals surface area contributed by atoms with Crippen LogP contribution < -0.4 is 0 Å². The van der Waals surface area contributed by atoms with Crippen LogP contribution in [0.5, 0.6) is 0 Å². The molecule has 1 aliphatic heterocycles. The van der Waals surface area contributed by atoms with Gasteiger partial charge in [0.1, 0.15) is 0 Å². The first-order chi connectivity index (χ1) is 8.50. The molecule has 0 aromatic heterocycles. The van der Waals surface area contributed by atoms with E-state index in [-0.39, 0.29) is 0 Å². The smallest absolute Gasteiger partial charge is 0.00922 e. The maximum atomic E-state index is 2.64. The van der Waals surface area contributed by atoms with Crippen LogP contribution in [0.2, 0.25) is 0 Å². The molecule has 1 heterocycles. The van der Waals surface area contributed by atoms with Crippen LogP contribution in [0.3, 0.4) is 0 Å². The van der Waals surface area contributed by atoms with Crippen molar-refractivity contribution < 1.29 is 0 Å². The fraction of sp³-hybridized carbons (Fsp3) is 1.00. The summed E-state index contributed by atoms with van der Waals surface area (Å²) in [6.07, 6.45) is 8.62. The van der Waals surface area contributed by atoms with Crippen LogP contribution in [0.4, 0.5) is 0 Å². The maximum absolute atomic E-state index is 2.64. The van der Waals surface area contributed by atoms with Crippen molar-refractivity contribution in [3.63, 3.8) is 0 Å². The lowest BCUT2D eigenvalue weighted by atomic mass is 9.78. The van der Waals surface area contributed by atoms with Gasteiger partial charge in [0.15, 0.2) is 0 Å². The summed E-state index contributed by atoms with van der Waals surface area (Å²) < 4.78 is 0. The van der Waals surface area contributed by atoms with E-state index >= 15 is 0 Å². The van der Waals surface area contributed by atoms with Crippen LogP contribution in [0.1, 0.15) is 59.3 Å². The number of likely N-dealkylation sites (tertiary alicyclic amines) is 1. The van der Waals surface area contributed by atoms with Crippen LogP contribution >= 0.6 is 0 Å². The molecule has 0 spiro atoms. The Bertz CT molecular complexity index is 250. The van der Waals surface area contributed by atoms with Gasteiger partial charge in [-0.3, -0.25) is 4.90 Å². The van der Waals surface area contributed by atoms with E-state index in [2.05, 4.69) is 37.6 Å². The van der Waals surface area contributed by atoms with Crippen molar-refractivity contribution >= 4 is 0 Å². The molecule has 2 nitrogen and oxygen atoms in total. The molecule has 2 fully saturated rings. The Hall–Kier alpha value is -0.0800. The van der Waals surface area contributed by atoms with Crippen molar-refractivity contribution in [1.82, 2.24) is 9.80 Å². The van der Waals surface area contributed by atoms with Gasteiger partial charge in [-0.2, -0.15) is 0 Å². The minimum Gasteiger partial charge on any atom is -0.303 e. The highest BCUT2D eigenvalue weighted by Crippen LogP contribution is 2.35. The van der Waals surface area contributed by atoms with E-state index in [4.69, 9.17) is 0 Å². The fourth-order valence-corrected chi connectivity index (χ4v) is 3.61. The van der Waals surface area contributed by atoms with Crippen molar-refractivity contribution in [2.45, 2.75) is 71.4 Å². The largest absolute Gasteiger partial charge is 0.303 e. The predicted octanol–water partition coefficient (Wildman–Crippen LogP) is 3.37. The Morgan fingerprint density at radius 1 is 1.17 bits per heavy atom. The molecule has 2 heteroatoms. The molecular weight excluding hydrogens is 220 g/mol. The van der Waals surface area contributed by atoms with E-state index in [1.807, 2.05) is 0 Å². The lowest BCUT2D eigenvalue weighted by Gasteiger charge is -2.51. The third kappa shape index (κ3) is 3.48. The summed E-state index contributed by atoms with van der Waals surface area (Å²) in [7, 11) is 2.35. The van der Waals surface area contributed by atoms with Gasteiger partial charge in [-0.15, -0.1) is 0 Å². The third-order valence-corrected chi connectivity index (χ3v) is 5.17. The van der Waals surface area contributed by atoms with Gasteiger partial charge in [-0.1, -0.05) is 26.2 Å². The van der Waals surface area contributed by atoms with Crippen molar-refractivity contribution in [3.05, 3.63) is 0 Å². The minimum atomic E-state index is 0.590. The molecule has 1 saturated carbocycles. The maximum Gasteiger partial charge on any atom is 0.00922 e. The monoisotopic (exact) mass is 252 g/mol. The van der Waals surface area contributed by atoms with Gasteiger partial charge in [0.05, 0.1) is 0 Å². The highest BCUT2D eigenvalue weighted by atomic mass is 15.2. The minimum absolute atomic E-state index is 0.590. The van der Waals surface area contributed by atoms with Crippen molar-refractivity contribution in [1.29, 1.82) is 0 Å². The highest BCUT2D eigenvalue weighted by Gasteiger charge is 2.39. The van der Waals surface area contributed by atoms with Gasteiger partial charge in [-0.25, -0.2) is 0 Å². The SMILES string of the molecule is CC(C)N1CC(C)(CCN(C)C2CCCCC2)C1. The van der Waals surface area contributed by atoms with E-state index in [1.165, 1.54) is 58.2 Å². The van der Waals surface area contributed by atoms with Gasteiger partial charge in [-0.05, 0) is 52.1 Å². The van der Waals surface area contributed by atoms with Gasteiger partial charge in [0.25, 0.3) is 0 Å². The standard InChI is InChI=1S/C16H32N2/c1-14(2)18-12-16(3,13-18)10-11-17(4)15-8-6-5-7-9-15/h14-15H,5-13H2,1-4H3. The summed E-state index contributed by atoms with van der Waals surface area (Å²) >= 11 is 0. The van der Waals surface area contributed by atoms with E-state index in [0.717, 1.165) is 12.1 Å². The van der Waals surface area contributed by atoms with Crippen molar-refractivity contribution in [3.8, 4) is 0 Å². The average molecular weight is 252 g/mol. The Labute approximate surface area is 114 Å². The van der Waals surface area contributed by atoms with E-state index < -0.39 is 0 Å². The Kier molecular flexibility index (Phi) is 4.71. The summed E-state index contributed by atoms with van der Waals surface area (Å²) in [6, 6.07) is 1.61. The summed E-state index contributed by atoms with van der Waals surface area (Å²) in [5, 5.41) is 0. The van der Waals surface area contributed by atoms with Crippen LogP contribution in [-0.2, 0) is 0 Å². The van der Waals surface area contributed by atoms with Crippen molar-refractivity contribution in [2.24, 2.45) is 5.41 Å². The lowest BCUT2D eigenvalue weighted by molar-refractivity contribution is -0.0213. The van der Waals surface area contributed by atoms with Gasteiger partial charge < -0.3 is 4.90 Å². The molecule has 106 valence electrons. The Morgan fingerprint density at radius 2 is 1.78 bits per heavy atom. The average Bonchev–Trinajstić information content (AvgIpc) is 2.33. The molecule has 2 rings (SSSR count). The molecule has 1 saturated heterocycles. The van der Waals surface area contributed by atoms with E-state index in [1.54, 1.807) is 0 Å². The lowest BCUT2D eigenvalue weighted by Crippen LogP contribution is -2.58. The second-order valence-corrected chi connectivity index (χ2v) is 7.33. The van der Waals surface area contributed by atoms with Gasteiger partial charge in [0, 0.05) is 25.2 Å². The highest BCUT2D eigenvalue weighted by molar-refractivity contribution is 4.93. The van der Waals surface area contributed by atoms with Crippen molar-refractivity contribution in [2.75, 3.05) is 26.7 Å². The summed E-state index contributed by atoms with van der Waals surface area (Å²) in [5.41, 5.74) is 0.590. The number of nitrogens with zero attached hydrogens (tertiary/aromatic N) is 2. The number of hydrogen-bond donors (Lipinski definition) is 0. The first-order valence-electron chi connectivity index (χ1n) is 7.94. The summed E-state index contributed by atoms with van der Waals surface area (Å²) in [6.45, 7) is 11.0. The molecule has 18 heavy (non-hydrogen) atoms. The predicted molar refractivity (Wildman–Crippen MR) is 78.9 cm³/mol.